The van der Waals surface area contributed by atoms with Gasteiger partial charge in [-0.2, -0.15) is 0 Å². The van der Waals surface area contributed by atoms with E-state index in [4.69, 9.17) is 0 Å². The maximum Gasteiger partial charge on any atom is 1.00 e. The predicted molar refractivity (Wildman–Crippen MR) is 30.2 cm³/mol. The summed E-state index contributed by atoms with van der Waals surface area (Å²) in [7, 11) is 0. The zero-order valence-electron chi connectivity index (χ0n) is 6.24. The summed E-state index contributed by atoms with van der Waals surface area (Å²) >= 11 is 0. The third-order valence-corrected chi connectivity index (χ3v) is 0.655. The normalized spacial score (nSPS) is 10.8. The molecule has 0 spiro atoms. The predicted octanol–water partition coefficient (Wildman–Crippen LogP) is -1.20. The second-order valence-electron chi connectivity index (χ2n) is 1.79. The standard InChI is InChI=1S/C4H9BF3O.K/c1-2-3-9-4-5(6,7)8;/h2-4H2,1H3;/q-1;+1. The van der Waals surface area contributed by atoms with Crippen LogP contribution in [0.15, 0.2) is 0 Å². The Morgan fingerprint density at radius 1 is 1.30 bits per heavy atom. The molecule has 0 atom stereocenters. The van der Waals surface area contributed by atoms with Crippen molar-refractivity contribution in [1.29, 1.82) is 0 Å². The van der Waals surface area contributed by atoms with Crippen molar-refractivity contribution in [2.75, 3.05) is 13.1 Å². The molecule has 0 aliphatic carbocycles. The molecule has 56 valence electrons. The second kappa shape index (κ2) is 7.12. The Morgan fingerprint density at radius 2 is 1.80 bits per heavy atom. The average Bonchev–Trinajstić information content (AvgIpc) is 1.63. The molecule has 0 saturated carbocycles. The number of ether oxygens (including phenoxy) is 1. The van der Waals surface area contributed by atoms with E-state index in [1.807, 2.05) is 0 Å². The van der Waals surface area contributed by atoms with Gasteiger partial charge in [0, 0.05) is 13.1 Å². The van der Waals surface area contributed by atoms with E-state index in [2.05, 4.69) is 4.74 Å². The zero-order chi connectivity index (χ0) is 7.33. The molecule has 0 aliphatic rings. The van der Waals surface area contributed by atoms with E-state index in [-0.39, 0.29) is 58.0 Å². The number of halogens is 3. The molecule has 0 aromatic heterocycles. The minimum absolute atomic E-state index is 0. The quantitative estimate of drug-likeness (QED) is 0.390. The van der Waals surface area contributed by atoms with Gasteiger partial charge in [-0.15, -0.1) is 0 Å². The van der Waals surface area contributed by atoms with Crippen molar-refractivity contribution in [2.24, 2.45) is 0 Å². The first-order valence-corrected chi connectivity index (χ1v) is 2.85. The van der Waals surface area contributed by atoms with Crippen LogP contribution in [0.5, 0.6) is 0 Å². The zero-order valence-corrected chi connectivity index (χ0v) is 9.36. The largest absolute Gasteiger partial charge is 1.00 e. The molecule has 1 nitrogen and oxygen atoms in total. The van der Waals surface area contributed by atoms with E-state index in [1.165, 1.54) is 0 Å². The van der Waals surface area contributed by atoms with E-state index in [9.17, 15) is 12.9 Å². The fourth-order valence-corrected chi connectivity index (χ4v) is 0.361. The van der Waals surface area contributed by atoms with E-state index in [0.717, 1.165) is 0 Å². The van der Waals surface area contributed by atoms with Gasteiger partial charge >= 0.3 is 58.4 Å². The van der Waals surface area contributed by atoms with Gasteiger partial charge in [-0.05, 0) is 6.42 Å². The van der Waals surface area contributed by atoms with Gasteiger partial charge in [0.05, 0.1) is 0 Å². The molecular formula is C4H9BF3KO. The molecule has 0 amide bonds. The number of hydrogen-bond acceptors (Lipinski definition) is 1. The van der Waals surface area contributed by atoms with Crippen molar-refractivity contribution in [3.63, 3.8) is 0 Å². The van der Waals surface area contributed by atoms with Crippen LogP contribution in [0.2, 0.25) is 0 Å². The summed E-state index contributed by atoms with van der Waals surface area (Å²) in [4.78, 5) is 0. The summed E-state index contributed by atoms with van der Waals surface area (Å²) < 4.78 is 38.2. The molecule has 0 fully saturated rings. The Hall–Kier alpha value is 1.45. The third-order valence-electron chi connectivity index (χ3n) is 0.655. The third kappa shape index (κ3) is 12.2. The molecule has 0 unspecified atom stereocenters. The molecule has 0 saturated heterocycles. The minimum atomic E-state index is -4.73. The fourth-order valence-electron chi connectivity index (χ4n) is 0.361. The molecule has 0 radical (unpaired) electrons. The van der Waals surface area contributed by atoms with Crippen LogP contribution in [0.25, 0.3) is 0 Å². The van der Waals surface area contributed by atoms with Gasteiger partial charge in [-0.25, -0.2) is 0 Å². The van der Waals surface area contributed by atoms with Crippen LogP contribution in [0, 0.1) is 0 Å². The first-order chi connectivity index (χ1) is 4.06. The summed E-state index contributed by atoms with van der Waals surface area (Å²) in [6, 6.07) is 0. The molecule has 0 bridgehead atoms. The summed E-state index contributed by atoms with van der Waals surface area (Å²) in [5.41, 5.74) is 0. The van der Waals surface area contributed by atoms with Crippen LogP contribution in [-0.2, 0) is 4.74 Å². The maximum absolute atomic E-state index is 11.3. The summed E-state index contributed by atoms with van der Waals surface area (Å²) in [6.45, 7) is -3.83. The summed E-state index contributed by atoms with van der Waals surface area (Å²) in [6.07, 6.45) is 0.631. The molecular weight excluding hydrogens is 171 g/mol. The van der Waals surface area contributed by atoms with Crippen LogP contribution in [0.1, 0.15) is 13.3 Å². The van der Waals surface area contributed by atoms with Gasteiger partial charge in [0.15, 0.2) is 0 Å². The SMILES string of the molecule is CCCOC[B-](F)(F)F.[K+]. The van der Waals surface area contributed by atoms with Crippen LogP contribution in [-0.4, -0.2) is 20.1 Å². The molecule has 0 heterocycles. The van der Waals surface area contributed by atoms with Crippen molar-refractivity contribution in [2.45, 2.75) is 13.3 Å². The summed E-state index contributed by atoms with van der Waals surface area (Å²) in [5, 5.41) is 0. The van der Waals surface area contributed by atoms with Crippen LogP contribution in [0.3, 0.4) is 0 Å². The molecule has 6 heteroatoms. The molecule has 10 heavy (non-hydrogen) atoms. The van der Waals surface area contributed by atoms with Crippen molar-refractivity contribution < 1.29 is 69.1 Å². The molecule has 0 aliphatic heterocycles. The Kier molecular flexibility index (Phi) is 9.97. The first kappa shape index (κ1) is 14.0. The van der Waals surface area contributed by atoms with Crippen molar-refractivity contribution in [1.82, 2.24) is 0 Å². The van der Waals surface area contributed by atoms with Gasteiger partial charge in [0.1, 0.15) is 0 Å². The number of hydrogen-bond donors (Lipinski definition) is 0. The minimum Gasteiger partial charge on any atom is -0.447 e. The Bertz CT molecular complexity index is 77.4. The topological polar surface area (TPSA) is 9.23 Å². The van der Waals surface area contributed by atoms with Gasteiger partial charge in [-0.3, -0.25) is 0 Å². The van der Waals surface area contributed by atoms with Gasteiger partial charge in [0.2, 0.25) is 0 Å². The number of rotatable bonds is 4. The second-order valence-corrected chi connectivity index (χ2v) is 1.79. The molecule has 0 aromatic rings. The Labute approximate surface area is 101 Å². The van der Waals surface area contributed by atoms with Gasteiger partial charge in [-0.1, -0.05) is 6.92 Å². The smallest absolute Gasteiger partial charge is 0.447 e. The maximum atomic E-state index is 11.3. The molecule has 0 N–H and O–H groups in total. The van der Waals surface area contributed by atoms with Crippen molar-refractivity contribution in [3.05, 3.63) is 0 Å². The van der Waals surface area contributed by atoms with Gasteiger partial charge in [0.25, 0.3) is 0 Å². The molecule has 0 rings (SSSR count). The van der Waals surface area contributed by atoms with E-state index >= 15 is 0 Å². The van der Waals surface area contributed by atoms with Crippen LogP contribution < -0.4 is 51.4 Å². The van der Waals surface area contributed by atoms with Crippen LogP contribution >= 0.6 is 0 Å². The Morgan fingerprint density at radius 3 is 2.10 bits per heavy atom. The Balaban J connectivity index is 0. The van der Waals surface area contributed by atoms with Crippen molar-refractivity contribution >= 4 is 6.98 Å². The monoisotopic (exact) mass is 180 g/mol. The van der Waals surface area contributed by atoms with Crippen LogP contribution in [0.4, 0.5) is 12.9 Å². The van der Waals surface area contributed by atoms with E-state index in [0.29, 0.717) is 6.42 Å². The van der Waals surface area contributed by atoms with Gasteiger partial charge < -0.3 is 17.7 Å². The van der Waals surface area contributed by atoms with E-state index in [1.54, 1.807) is 6.92 Å². The summed E-state index contributed by atoms with van der Waals surface area (Å²) in [5.74, 6) is 0. The fraction of sp³-hybridized carbons (Fsp3) is 1.00. The first-order valence-electron chi connectivity index (χ1n) is 2.85. The van der Waals surface area contributed by atoms with E-state index < -0.39 is 13.5 Å². The average molecular weight is 180 g/mol. The molecule has 0 aromatic carbocycles. The van der Waals surface area contributed by atoms with Crippen molar-refractivity contribution in [3.8, 4) is 0 Å².